The van der Waals surface area contributed by atoms with Crippen molar-refractivity contribution < 1.29 is 22.7 Å². The molecule has 0 saturated carbocycles. The third-order valence-electron chi connectivity index (χ3n) is 3.66. The molecule has 2 rings (SSSR count). The molecule has 0 aromatic carbocycles. The van der Waals surface area contributed by atoms with Gasteiger partial charge in [-0.15, -0.1) is 0 Å². The maximum Gasteiger partial charge on any atom is 0.410 e. The Balaban J connectivity index is 1.91. The molecular formula is C13H22ClNO5S. The second kappa shape index (κ2) is 4.99. The van der Waals surface area contributed by atoms with Crippen molar-refractivity contribution in [2.45, 2.75) is 57.3 Å². The Bertz CT molecular complexity index is 535. The molecule has 2 fully saturated rings. The number of halogens is 1. The van der Waals surface area contributed by atoms with Gasteiger partial charge in [-0.25, -0.2) is 13.2 Å². The van der Waals surface area contributed by atoms with E-state index in [1.807, 2.05) is 20.8 Å². The molecule has 0 aliphatic carbocycles. The number of rotatable bonds is 2. The summed E-state index contributed by atoms with van der Waals surface area (Å²) >= 11 is 0. The van der Waals surface area contributed by atoms with Gasteiger partial charge in [0, 0.05) is 10.7 Å². The summed E-state index contributed by atoms with van der Waals surface area (Å²) in [5, 5.41) is 0. The molecule has 2 aliphatic heterocycles. The van der Waals surface area contributed by atoms with Gasteiger partial charge in [0.1, 0.15) is 11.2 Å². The van der Waals surface area contributed by atoms with Crippen molar-refractivity contribution in [3.8, 4) is 0 Å². The van der Waals surface area contributed by atoms with Crippen LogP contribution in [0.5, 0.6) is 0 Å². The van der Waals surface area contributed by atoms with Gasteiger partial charge >= 0.3 is 6.09 Å². The number of nitrogens with zero attached hydrogens (tertiary/aromatic N) is 1. The second-order valence-electron chi connectivity index (χ2n) is 7.25. The zero-order valence-corrected chi connectivity index (χ0v) is 14.4. The van der Waals surface area contributed by atoms with Gasteiger partial charge in [0.15, 0.2) is 0 Å². The number of carbonyl (C=O) groups is 1. The fourth-order valence-electron chi connectivity index (χ4n) is 2.91. The maximum atomic E-state index is 11.9. The van der Waals surface area contributed by atoms with Crippen LogP contribution in [0.25, 0.3) is 0 Å². The highest BCUT2D eigenvalue weighted by Crippen LogP contribution is 2.44. The maximum absolute atomic E-state index is 11.9. The first-order chi connectivity index (χ1) is 9.32. The highest BCUT2D eigenvalue weighted by atomic mass is 35.7. The number of likely N-dealkylation sites (tertiary alicyclic amines) is 1. The lowest BCUT2D eigenvalue weighted by atomic mass is 9.90. The Morgan fingerprint density at radius 2 is 1.90 bits per heavy atom. The van der Waals surface area contributed by atoms with Crippen LogP contribution in [0.3, 0.4) is 0 Å². The van der Waals surface area contributed by atoms with Crippen LogP contribution in [-0.4, -0.2) is 55.1 Å². The molecule has 1 amide bonds. The van der Waals surface area contributed by atoms with E-state index in [9.17, 15) is 13.2 Å². The summed E-state index contributed by atoms with van der Waals surface area (Å²) in [7, 11) is 1.70. The zero-order chi connectivity index (χ0) is 16.1. The average Bonchev–Trinajstić information content (AvgIpc) is 2.48. The second-order valence-corrected chi connectivity index (χ2v) is 10.0. The molecule has 0 N–H and O–H groups in total. The number of amides is 1. The van der Waals surface area contributed by atoms with E-state index in [-0.39, 0.29) is 11.8 Å². The van der Waals surface area contributed by atoms with Crippen LogP contribution in [0.4, 0.5) is 4.79 Å². The molecule has 0 aromatic heterocycles. The highest BCUT2D eigenvalue weighted by molar-refractivity contribution is 8.13. The first-order valence-corrected chi connectivity index (χ1v) is 9.40. The van der Waals surface area contributed by atoms with Crippen LogP contribution in [0.2, 0.25) is 0 Å². The molecule has 6 nitrogen and oxygen atoms in total. The molecule has 122 valence electrons. The summed E-state index contributed by atoms with van der Waals surface area (Å²) in [4.78, 5) is 13.5. The van der Waals surface area contributed by atoms with Gasteiger partial charge in [-0.1, -0.05) is 0 Å². The lowest BCUT2D eigenvalue weighted by Crippen LogP contribution is -2.64. The van der Waals surface area contributed by atoms with Gasteiger partial charge in [-0.2, -0.15) is 0 Å². The standard InChI is InChI=1S/C13H22ClNO5S/c1-11(2,3)19-10(16)15-7-13(8-15)6-5-12(4,20-13)9-21(14,17)18/h5-9H2,1-4H3. The number of hydrogen-bond acceptors (Lipinski definition) is 5. The number of carbonyl (C=O) groups excluding carboxylic acids is 1. The Morgan fingerprint density at radius 3 is 2.38 bits per heavy atom. The van der Waals surface area contributed by atoms with Crippen molar-refractivity contribution in [1.82, 2.24) is 4.90 Å². The van der Waals surface area contributed by atoms with Crippen LogP contribution >= 0.6 is 10.7 Å². The molecule has 2 heterocycles. The minimum Gasteiger partial charge on any atom is -0.444 e. The van der Waals surface area contributed by atoms with Crippen LogP contribution in [-0.2, 0) is 18.5 Å². The van der Waals surface area contributed by atoms with E-state index in [0.29, 0.717) is 19.5 Å². The Labute approximate surface area is 130 Å². The summed E-state index contributed by atoms with van der Waals surface area (Å²) in [5.74, 6) is -0.213. The topological polar surface area (TPSA) is 72.9 Å². The summed E-state index contributed by atoms with van der Waals surface area (Å²) in [6, 6.07) is 0. The summed E-state index contributed by atoms with van der Waals surface area (Å²) < 4.78 is 33.7. The van der Waals surface area contributed by atoms with E-state index in [0.717, 1.165) is 6.42 Å². The summed E-state index contributed by atoms with van der Waals surface area (Å²) in [6.45, 7) is 8.05. The van der Waals surface area contributed by atoms with Gasteiger partial charge < -0.3 is 14.4 Å². The van der Waals surface area contributed by atoms with Crippen molar-refractivity contribution in [3.05, 3.63) is 0 Å². The highest BCUT2D eigenvalue weighted by Gasteiger charge is 2.56. The molecule has 1 spiro atoms. The van der Waals surface area contributed by atoms with E-state index in [2.05, 4.69) is 0 Å². The Hall–Kier alpha value is -0.530. The molecule has 0 bridgehead atoms. The van der Waals surface area contributed by atoms with Crippen LogP contribution in [0.1, 0.15) is 40.5 Å². The van der Waals surface area contributed by atoms with Gasteiger partial charge in [-0.3, -0.25) is 0 Å². The van der Waals surface area contributed by atoms with E-state index in [4.69, 9.17) is 20.2 Å². The zero-order valence-electron chi connectivity index (χ0n) is 12.8. The van der Waals surface area contributed by atoms with Gasteiger partial charge in [0.2, 0.25) is 9.05 Å². The lowest BCUT2D eigenvalue weighted by molar-refractivity contribution is -0.155. The summed E-state index contributed by atoms with van der Waals surface area (Å²) in [5.41, 5.74) is -1.76. The molecule has 0 radical (unpaired) electrons. The Morgan fingerprint density at radius 1 is 1.33 bits per heavy atom. The van der Waals surface area contributed by atoms with Crippen molar-refractivity contribution in [3.63, 3.8) is 0 Å². The largest absolute Gasteiger partial charge is 0.444 e. The molecular weight excluding hydrogens is 318 g/mol. The predicted octanol–water partition coefficient (Wildman–Crippen LogP) is 2.11. The normalized spacial score (nSPS) is 28.5. The molecule has 2 saturated heterocycles. The van der Waals surface area contributed by atoms with Crippen LogP contribution in [0.15, 0.2) is 0 Å². The minimum atomic E-state index is -3.61. The third kappa shape index (κ3) is 4.23. The molecule has 1 atom stereocenters. The lowest BCUT2D eigenvalue weighted by Gasteiger charge is -2.48. The Kier molecular flexibility index (Phi) is 4.00. The third-order valence-corrected chi connectivity index (χ3v) is 4.94. The molecule has 2 aliphatic rings. The molecule has 1 unspecified atom stereocenters. The summed E-state index contributed by atoms with van der Waals surface area (Å²) in [6.07, 6.45) is 0.964. The minimum absolute atomic E-state index is 0.213. The van der Waals surface area contributed by atoms with Crippen LogP contribution in [0, 0.1) is 0 Å². The van der Waals surface area contributed by atoms with E-state index < -0.39 is 25.9 Å². The SMILES string of the molecule is CC(C)(C)OC(=O)N1CC2(CCC(C)(CS(=O)(=O)Cl)O2)C1. The van der Waals surface area contributed by atoms with Crippen molar-refractivity contribution in [2.24, 2.45) is 0 Å². The number of hydrogen-bond donors (Lipinski definition) is 0. The van der Waals surface area contributed by atoms with Gasteiger partial charge in [-0.05, 0) is 40.5 Å². The molecule has 8 heteroatoms. The van der Waals surface area contributed by atoms with Crippen molar-refractivity contribution >= 4 is 25.8 Å². The van der Waals surface area contributed by atoms with Crippen LogP contribution < -0.4 is 0 Å². The van der Waals surface area contributed by atoms with E-state index in [1.54, 1.807) is 11.8 Å². The first-order valence-electron chi connectivity index (χ1n) is 6.92. The smallest absolute Gasteiger partial charge is 0.410 e. The van der Waals surface area contributed by atoms with E-state index >= 15 is 0 Å². The molecule has 0 aromatic rings. The van der Waals surface area contributed by atoms with E-state index in [1.165, 1.54) is 0 Å². The number of ether oxygens (including phenoxy) is 2. The van der Waals surface area contributed by atoms with Crippen molar-refractivity contribution in [2.75, 3.05) is 18.8 Å². The molecule has 21 heavy (non-hydrogen) atoms. The quantitative estimate of drug-likeness (QED) is 0.720. The fraction of sp³-hybridized carbons (Fsp3) is 0.923. The van der Waals surface area contributed by atoms with Crippen molar-refractivity contribution in [1.29, 1.82) is 0 Å². The van der Waals surface area contributed by atoms with Gasteiger partial charge in [0.05, 0.1) is 24.4 Å². The predicted molar refractivity (Wildman–Crippen MR) is 78.9 cm³/mol. The first kappa shape index (κ1) is 16.8. The average molecular weight is 340 g/mol. The fourth-order valence-corrected chi connectivity index (χ4v) is 4.54. The monoisotopic (exact) mass is 339 g/mol. The van der Waals surface area contributed by atoms with Gasteiger partial charge in [0.25, 0.3) is 0 Å².